The van der Waals surface area contributed by atoms with Crippen molar-refractivity contribution in [2.24, 2.45) is 0 Å². The lowest BCUT2D eigenvalue weighted by molar-refractivity contribution is 1.56. The van der Waals surface area contributed by atoms with Gasteiger partial charge in [0.2, 0.25) is 0 Å². The summed E-state index contributed by atoms with van der Waals surface area (Å²) in [4.78, 5) is 0. The summed E-state index contributed by atoms with van der Waals surface area (Å²) in [5.41, 5.74) is 12.2. The first-order valence-electron chi connectivity index (χ1n) is 20.9. The molecule has 276 valence electrons. The average molecular weight is 757 g/mol. The van der Waals surface area contributed by atoms with Gasteiger partial charge in [-0.05, 0) is 143 Å². The van der Waals surface area contributed by atoms with E-state index in [1.807, 2.05) is 0 Å². The Labute approximate surface area is 347 Å². The minimum atomic E-state index is 1.21. The maximum Gasteiger partial charge on any atom is -0.00206 e. The molecule has 0 amide bonds. The maximum atomic E-state index is 2.46. The summed E-state index contributed by atoms with van der Waals surface area (Å²) in [6.07, 6.45) is 0. The van der Waals surface area contributed by atoms with E-state index >= 15 is 0 Å². The maximum absolute atomic E-state index is 2.46. The smallest absolute Gasteiger partial charge is 0.00206 e. The van der Waals surface area contributed by atoms with Crippen molar-refractivity contribution in [1.82, 2.24) is 0 Å². The van der Waals surface area contributed by atoms with Crippen molar-refractivity contribution < 1.29 is 0 Å². The summed E-state index contributed by atoms with van der Waals surface area (Å²) >= 11 is 0. The van der Waals surface area contributed by atoms with Gasteiger partial charge in [0.05, 0.1) is 0 Å². The lowest BCUT2D eigenvalue weighted by Gasteiger charge is -2.21. The molecule has 0 unspecified atom stereocenters. The average Bonchev–Trinajstić information content (AvgIpc) is 3.32. The number of rotatable bonds is 5. The molecule has 0 heteroatoms. The Morgan fingerprint density at radius 3 is 1.18 bits per heavy atom. The van der Waals surface area contributed by atoms with Gasteiger partial charge < -0.3 is 0 Å². The van der Waals surface area contributed by atoms with E-state index in [1.54, 1.807) is 0 Å². The van der Waals surface area contributed by atoms with E-state index in [9.17, 15) is 0 Å². The topological polar surface area (TPSA) is 0 Å². The van der Waals surface area contributed by atoms with Crippen LogP contribution in [0.5, 0.6) is 0 Å². The van der Waals surface area contributed by atoms with Crippen LogP contribution >= 0.6 is 0 Å². The van der Waals surface area contributed by atoms with Crippen LogP contribution < -0.4 is 0 Å². The first-order chi connectivity index (χ1) is 29.7. The zero-order chi connectivity index (χ0) is 39.3. The third-order valence-corrected chi connectivity index (χ3v) is 13.2. The molecule has 13 aromatic carbocycles. The molecule has 0 radical (unpaired) electrons. The molecule has 0 nitrogen and oxygen atoms in total. The van der Waals surface area contributed by atoms with Gasteiger partial charge >= 0.3 is 0 Å². The SMILES string of the molecule is c1ccc(-c2ccc(-c3ccc(-c4cccc5ccccc45)cc3-c3ccc4ccc5cccc6ccc3c4c56)c(-c3ccc4ccc5cccc6ccc3c4c56)c2)cc1. The van der Waals surface area contributed by atoms with Crippen molar-refractivity contribution in [2.75, 3.05) is 0 Å². The Morgan fingerprint density at radius 2 is 0.583 bits per heavy atom. The van der Waals surface area contributed by atoms with Gasteiger partial charge in [0.25, 0.3) is 0 Å². The molecule has 0 atom stereocenters. The van der Waals surface area contributed by atoms with Gasteiger partial charge in [-0.1, -0.05) is 206 Å². The standard InChI is InChI=1S/C60H36/c1-2-9-37(10-3-1)45-27-31-49(55(35-45)51-29-23-43-21-19-39-13-6-15-41-25-33-53(51)59(43)57(39)41)50-32-28-46(48-18-8-12-38-11-4-5-17-47(38)48)36-56(50)52-30-24-44-22-20-40-14-7-16-42-26-34-54(52)60(44)58(40)42/h1-36H. The van der Waals surface area contributed by atoms with E-state index < -0.39 is 0 Å². The Morgan fingerprint density at radius 1 is 0.167 bits per heavy atom. The van der Waals surface area contributed by atoms with Crippen LogP contribution in [-0.4, -0.2) is 0 Å². The van der Waals surface area contributed by atoms with Crippen LogP contribution in [0.2, 0.25) is 0 Å². The lowest BCUT2D eigenvalue weighted by Crippen LogP contribution is -1.94. The normalized spacial score (nSPS) is 12.0. The highest BCUT2D eigenvalue weighted by Gasteiger charge is 2.21. The first kappa shape index (κ1) is 33.2. The zero-order valence-electron chi connectivity index (χ0n) is 32.8. The summed E-state index contributed by atoms with van der Waals surface area (Å²) < 4.78 is 0. The highest BCUT2D eigenvalue weighted by molar-refractivity contribution is 6.27. The highest BCUT2D eigenvalue weighted by Crippen LogP contribution is 2.48. The van der Waals surface area contributed by atoms with Crippen molar-refractivity contribution >= 4 is 75.4 Å². The van der Waals surface area contributed by atoms with Crippen LogP contribution in [-0.2, 0) is 0 Å². The second-order valence-electron chi connectivity index (χ2n) is 16.4. The molecule has 0 saturated carbocycles. The second kappa shape index (κ2) is 12.9. The zero-order valence-corrected chi connectivity index (χ0v) is 32.8. The molecule has 0 fully saturated rings. The van der Waals surface area contributed by atoms with Gasteiger partial charge in [-0.2, -0.15) is 0 Å². The highest BCUT2D eigenvalue weighted by atomic mass is 14.2. The van der Waals surface area contributed by atoms with Crippen molar-refractivity contribution in [2.45, 2.75) is 0 Å². The lowest BCUT2D eigenvalue weighted by atomic mass is 9.82. The van der Waals surface area contributed by atoms with E-state index in [4.69, 9.17) is 0 Å². The van der Waals surface area contributed by atoms with E-state index in [2.05, 4.69) is 218 Å². The third-order valence-electron chi connectivity index (χ3n) is 13.2. The van der Waals surface area contributed by atoms with Crippen LogP contribution in [0.4, 0.5) is 0 Å². The Hall–Kier alpha value is -7.80. The fraction of sp³-hybridized carbons (Fsp3) is 0. The van der Waals surface area contributed by atoms with Gasteiger partial charge in [0.1, 0.15) is 0 Å². The van der Waals surface area contributed by atoms with Crippen LogP contribution in [0.15, 0.2) is 218 Å². The fourth-order valence-electron chi connectivity index (χ4n) is 10.4. The second-order valence-corrected chi connectivity index (χ2v) is 16.4. The summed E-state index contributed by atoms with van der Waals surface area (Å²) in [5, 5.41) is 18.0. The molecule has 0 bridgehead atoms. The fourth-order valence-corrected chi connectivity index (χ4v) is 10.4. The largest absolute Gasteiger partial charge is 0.0622 e. The summed E-state index contributed by atoms with van der Waals surface area (Å²) in [6, 6.07) is 81.7. The molecule has 0 spiro atoms. The van der Waals surface area contributed by atoms with Gasteiger partial charge in [-0.3, -0.25) is 0 Å². The molecule has 13 aromatic rings. The van der Waals surface area contributed by atoms with Crippen molar-refractivity contribution in [3.63, 3.8) is 0 Å². The van der Waals surface area contributed by atoms with Gasteiger partial charge in [0.15, 0.2) is 0 Å². The predicted molar refractivity (Wildman–Crippen MR) is 259 cm³/mol. The van der Waals surface area contributed by atoms with Crippen LogP contribution in [0.25, 0.3) is 131 Å². The van der Waals surface area contributed by atoms with E-state index in [1.165, 1.54) is 131 Å². The molecule has 60 heavy (non-hydrogen) atoms. The van der Waals surface area contributed by atoms with Crippen LogP contribution in [0, 0.1) is 0 Å². The molecular formula is C60H36. The molecule has 0 aliphatic heterocycles. The van der Waals surface area contributed by atoms with Crippen LogP contribution in [0.3, 0.4) is 0 Å². The number of hydrogen-bond acceptors (Lipinski definition) is 0. The predicted octanol–water partition coefficient (Wildman–Crippen LogP) is 17.0. The van der Waals surface area contributed by atoms with E-state index in [0.717, 1.165) is 0 Å². The molecule has 0 saturated heterocycles. The number of fused-ring (bicyclic) bond motifs is 1. The first-order valence-corrected chi connectivity index (χ1v) is 20.9. The summed E-state index contributed by atoms with van der Waals surface area (Å²) in [6.45, 7) is 0. The number of hydrogen-bond donors (Lipinski definition) is 0. The molecular weight excluding hydrogens is 721 g/mol. The monoisotopic (exact) mass is 756 g/mol. The van der Waals surface area contributed by atoms with Crippen molar-refractivity contribution in [3.05, 3.63) is 218 Å². The van der Waals surface area contributed by atoms with E-state index in [-0.39, 0.29) is 0 Å². The quantitative estimate of drug-likeness (QED) is 0.153. The minimum Gasteiger partial charge on any atom is -0.0622 e. The molecule has 0 aromatic heterocycles. The van der Waals surface area contributed by atoms with Crippen molar-refractivity contribution in [3.8, 4) is 55.6 Å². The third kappa shape index (κ3) is 4.92. The molecule has 0 N–H and O–H groups in total. The molecule has 0 heterocycles. The molecule has 0 aliphatic carbocycles. The molecule has 13 rings (SSSR count). The minimum absolute atomic E-state index is 1.21. The van der Waals surface area contributed by atoms with Gasteiger partial charge in [0, 0.05) is 0 Å². The summed E-state index contributed by atoms with van der Waals surface area (Å²) in [7, 11) is 0. The molecule has 0 aliphatic rings. The van der Waals surface area contributed by atoms with E-state index in [0.29, 0.717) is 0 Å². The Balaban J connectivity index is 1.14. The summed E-state index contributed by atoms with van der Waals surface area (Å²) in [5.74, 6) is 0. The van der Waals surface area contributed by atoms with Gasteiger partial charge in [-0.25, -0.2) is 0 Å². The number of benzene rings is 13. The Kier molecular flexibility index (Phi) is 7.11. The van der Waals surface area contributed by atoms with Crippen LogP contribution in [0.1, 0.15) is 0 Å². The van der Waals surface area contributed by atoms with Crippen molar-refractivity contribution in [1.29, 1.82) is 0 Å². The van der Waals surface area contributed by atoms with Gasteiger partial charge in [-0.15, -0.1) is 0 Å². The Bertz CT molecular complexity index is 3780.